The van der Waals surface area contributed by atoms with Crippen LogP contribution in [0.3, 0.4) is 0 Å². The normalized spacial score (nSPS) is 10.6. The van der Waals surface area contributed by atoms with Crippen molar-refractivity contribution in [2.24, 2.45) is 0 Å². The van der Waals surface area contributed by atoms with Crippen LogP contribution in [0.5, 0.6) is 5.88 Å². The van der Waals surface area contributed by atoms with Gasteiger partial charge in [-0.1, -0.05) is 17.7 Å². The van der Waals surface area contributed by atoms with Crippen LogP contribution >= 0.6 is 11.6 Å². The summed E-state index contributed by atoms with van der Waals surface area (Å²) in [4.78, 5) is 10.7. The van der Waals surface area contributed by atoms with E-state index in [9.17, 15) is 13.6 Å². The number of benzene rings is 2. The van der Waals surface area contributed by atoms with E-state index in [1.165, 1.54) is 16.8 Å². The Morgan fingerprint density at radius 2 is 1.92 bits per heavy atom. The number of halogens is 3. The van der Waals surface area contributed by atoms with Crippen molar-refractivity contribution in [3.63, 3.8) is 0 Å². The molecular formula is C16H9ClF2N2O3. The first-order chi connectivity index (χ1) is 11.4. The van der Waals surface area contributed by atoms with E-state index in [0.717, 1.165) is 12.1 Å². The number of carbonyl (C=O) groups is 1. The third kappa shape index (κ3) is 3.21. The molecule has 0 saturated heterocycles. The van der Waals surface area contributed by atoms with Crippen LogP contribution in [-0.2, 0) is 0 Å². The fraction of sp³-hybridized carbons (Fsp3) is 0. The summed E-state index contributed by atoms with van der Waals surface area (Å²) < 4.78 is 32.6. The summed E-state index contributed by atoms with van der Waals surface area (Å²) in [5.41, 5.74) is 1.11. The van der Waals surface area contributed by atoms with Crippen molar-refractivity contribution in [3.8, 4) is 22.8 Å². The van der Waals surface area contributed by atoms with Crippen LogP contribution in [0, 0.1) is 11.6 Å². The molecule has 0 unspecified atom stereocenters. The van der Waals surface area contributed by atoms with E-state index in [0.29, 0.717) is 22.0 Å². The largest absolute Gasteiger partial charge is 0.512 e. The molecule has 0 radical (unpaired) electrons. The summed E-state index contributed by atoms with van der Waals surface area (Å²) >= 11 is 5.95. The van der Waals surface area contributed by atoms with E-state index in [2.05, 4.69) is 9.84 Å². The summed E-state index contributed by atoms with van der Waals surface area (Å²) in [5, 5.41) is 13.2. The molecule has 1 aromatic heterocycles. The van der Waals surface area contributed by atoms with E-state index in [1.54, 1.807) is 24.3 Å². The van der Waals surface area contributed by atoms with Gasteiger partial charge in [0.25, 0.3) is 0 Å². The number of rotatable bonds is 3. The van der Waals surface area contributed by atoms with Crippen LogP contribution in [0.1, 0.15) is 0 Å². The molecule has 24 heavy (non-hydrogen) atoms. The van der Waals surface area contributed by atoms with E-state index in [-0.39, 0.29) is 5.88 Å². The Labute approximate surface area is 139 Å². The van der Waals surface area contributed by atoms with Crippen LogP contribution < -0.4 is 4.74 Å². The molecule has 3 aromatic rings. The number of nitrogens with zero attached hydrogens (tertiary/aromatic N) is 2. The second kappa shape index (κ2) is 6.29. The molecule has 1 heterocycles. The Kier molecular flexibility index (Phi) is 4.18. The molecule has 0 spiro atoms. The summed E-state index contributed by atoms with van der Waals surface area (Å²) in [5.74, 6) is -2.23. The maximum atomic E-state index is 13.5. The average molecular weight is 351 g/mol. The predicted molar refractivity (Wildman–Crippen MR) is 82.6 cm³/mol. The Hall–Kier alpha value is -2.93. The van der Waals surface area contributed by atoms with Crippen molar-refractivity contribution in [3.05, 3.63) is 65.2 Å². The smallest absolute Gasteiger partial charge is 0.449 e. The van der Waals surface area contributed by atoms with Crippen molar-refractivity contribution < 1.29 is 23.4 Å². The summed E-state index contributed by atoms with van der Waals surface area (Å²) in [6.07, 6.45) is -1.54. The van der Waals surface area contributed by atoms with Gasteiger partial charge < -0.3 is 9.84 Å². The SMILES string of the molecule is O=C(O)Oc1cc(-c2ccc(F)c(F)c2)n(-c2cccc(Cl)c2)n1. The van der Waals surface area contributed by atoms with Crippen molar-refractivity contribution in [1.82, 2.24) is 9.78 Å². The maximum absolute atomic E-state index is 13.5. The van der Waals surface area contributed by atoms with E-state index >= 15 is 0 Å². The van der Waals surface area contributed by atoms with Crippen LogP contribution in [0.2, 0.25) is 5.02 Å². The predicted octanol–water partition coefficient (Wildman–Crippen LogP) is 4.53. The Bertz CT molecular complexity index is 927. The van der Waals surface area contributed by atoms with E-state index < -0.39 is 17.8 Å². The fourth-order valence-electron chi connectivity index (χ4n) is 2.16. The van der Waals surface area contributed by atoms with Crippen LogP contribution in [0.25, 0.3) is 16.9 Å². The first kappa shape index (κ1) is 15.9. The van der Waals surface area contributed by atoms with Gasteiger partial charge in [0.15, 0.2) is 11.6 Å². The summed E-state index contributed by atoms with van der Waals surface area (Å²) in [7, 11) is 0. The van der Waals surface area contributed by atoms with Gasteiger partial charge in [-0.3, -0.25) is 0 Å². The molecule has 0 aliphatic carbocycles. The lowest BCUT2D eigenvalue weighted by Crippen LogP contribution is -2.04. The minimum Gasteiger partial charge on any atom is -0.449 e. The first-order valence-electron chi connectivity index (χ1n) is 6.66. The van der Waals surface area contributed by atoms with Crippen molar-refractivity contribution >= 4 is 17.8 Å². The van der Waals surface area contributed by atoms with Gasteiger partial charge in [-0.2, -0.15) is 0 Å². The third-order valence-corrected chi connectivity index (χ3v) is 3.38. The molecule has 0 aliphatic rings. The monoisotopic (exact) mass is 350 g/mol. The molecule has 0 atom stereocenters. The van der Waals surface area contributed by atoms with Crippen LogP contribution in [0.15, 0.2) is 48.5 Å². The molecule has 0 amide bonds. The van der Waals surface area contributed by atoms with Crippen LogP contribution in [0.4, 0.5) is 13.6 Å². The van der Waals surface area contributed by atoms with Gasteiger partial charge in [-0.15, -0.1) is 5.10 Å². The minimum atomic E-state index is -1.54. The van der Waals surface area contributed by atoms with Gasteiger partial charge in [0.2, 0.25) is 5.88 Å². The molecule has 0 aliphatic heterocycles. The molecule has 2 aromatic carbocycles. The number of aromatic nitrogens is 2. The van der Waals surface area contributed by atoms with Crippen molar-refractivity contribution in [1.29, 1.82) is 0 Å². The molecule has 5 nitrogen and oxygen atoms in total. The lowest BCUT2D eigenvalue weighted by atomic mass is 10.1. The Morgan fingerprint density at radius 3 is 2.58 bits per heavy atom. The molecule has 0 bridgehead atoms. The van der Waals surface area contributed by atoms with E-state index in [1.807, 2.05) is 0 Å². The highest BCUT2D eigenvalue weighted by molar-refractivity contribution is 6.30. The Balaban J connectivity index is 2.17. The fourth-order valence-corrected chi connectivity index (χ4v) is 2.35. The zero-order chi connectivity index (χ0) is 17.3. The third-order valence-electron chi connectivity index (χ3n) is 3.15. The molecule has 0 saturated carbocycles. The molecule has 1 N–H and O–H groups in total. The lowest BCUT2D eigenvalue weighted by molar-refractivity contribution is 0.142. The quantitative estimate of drug-likeness (QED) is 0.705. The molecule has 122 valence electrons. The average Bonchev–Trinajstić information content (AvgIpc) is 2.93. The Morgan fingerprint density at radius 1 is 1.12 bits per heavy atom. The van der Waals surface area contributed by atoms with Gasteiger partial charge in [0.1, 0.15) is 0 Å². The van der Waals surface area contributed by atoms with E-state index in [4.69, 9.17) is 16.7 Å². The summed E-state index contributed by atoms with van der Waals surface area (Å²) in [6, 6.07) is 11.2. The van der Waals surface area contributed by atoms with Gasteiger partial charge in [-0.25, -0.2) is 18.3 Å². The zero-order valence-corrected chi connectivity index (χ0v) is 12.7. The summed E-state index contributed by atoms with van der Waals surface area (Å²) in [6.45, 7) is 0. The number of hydrogen-bond acceptors (Lipinski definition) is 3. The number of ether oxygens (including phenoxy) is 1. The highest BCUT2D eigenvalue weighted by atomic mass is 35.5. The maximum Gasteiger partial charge on any atom is 0.512 e. The standard InChI is InChI=1S/C16H9ClF2N2O3/c17-10-2-1-3-11(7-10)21-14(8-15(20-21)24-16(22)23)9-4-5-12(18)13(19)6-9/h1-8H,(H,22,23). The highest BCUT2D eigenvalue weighted by Crippen LogP contribution is 2.29. The first-order valence-corrected chi connectivity index (χ1v) is 7.04. The minimum absolute atomic E-state index is 0.206. The molecule has 8 heteroatoms. The van der Waals surface area contributed by atoms with Gasteiger partial charge >= 0.3 is 6.16 Å². The number of carboxylic acid groups (broad SMARTS) is 1. The molecule has 3 rings (SSSR count). The number of hydrogen-bond donors (Lipinski definition) is 1. The van der Waals surface area contributed by atoms with Gasteiger partial charge in [0, 0.05) is 16.7 Å². The van der Waals surface area contributed by atoms with Gasteiger partial charge in [-0.05, 0) is 36.4 Å². The zero-order valence-electron chi connectivity index (χ0n) is 11.9. The van der Waals surface area contributed by atoms with Crippen molar-refractivity contribution in [2.75, 3.05) is 0 Å². The molecule has 0 fully saturated rings. The highest BCUT2D eigenvalue weighted by Gasteiger charge is 2.16. The van der Waals surface area contributed by atoms with Gasteiger partial charge in [0.05, 0.1) is 11.4 Å². The lowest BCUT2D eigenvalue weighted by Gasteiger charge is -2.08. The molecular weight excluding hydrogens is 342 g/mol. The second-order valence-corrected chi connectivity index (χ2v) is 5.19. The van der Waals surface area contributed by atoms with Crippen LogP contribution in [-0.4, -0.2) is 21.0 Å². The topological polar surface area (TPSA) is 64.3 Å². The van der Waals surface area contributed by atoms with Crippen molar-refractivity contribution in [2.45, 2.75) is 0 Å². The second-order valence-electron chi connectivity index (χ2n) is 4.76.